The third-order valence-corrected chi connectivity index (χ3v) is 3.44. The Morgan fingerprint density at radius 1 is 1.10 bits per heavy atom. The minimum absolute atomic E-state index is 0.0866. The number of rotatable bonds is 3. The van der Waals surface area contributed by atoms with Crippen molar-refractivity contribution < 1.29 is 9.18 Å². The highest BCUT2D eigenvalue weighted by atomic mass is 19.1. The van der Waals surface area contributed by atoms with Gasteiger partial charge in [0.1, 0.15) is 5.82 Å². The molecular formula is C16H15FN2O. The molecule has 2 aromatic carbocycles. The van der Waals surface area contributed by atoms with Crippen molar-refractivity contribution in [3.63, 3.8) is 0 Å². The van der Waals surface area contributed by atoms with E-state index >= 15 is 0 Å². The Hall–Kier alpha value is -2.20. The van der Waals surface area contributed by atoms with Crippen molar-refractivity contribution in [1.29, 1.82) is 0 Å². The van der Waals surface area contributed by atoms with Crippen molar-refractivity contribution in [3.05, 3.63) is 59.9 Å². The van der Waals surface area contributed by atoms with E-state index in [9.17, 15) is 9.18 Å². The molecule has 0 bridgehead atoms. The molecule has 0 aliphatic carbocycles. The molecule has 102 valence electrons. The lowest BCUT2D eigenvalue weighted by Crippen LogP contribution is -2.56. The maximum atomic E-state index is 13.0. The van der Waals surface area contributed by atoms with Gasteiger partial charge >= 0.3 is 0 Å². The third kappa shape index (κ3) is 2.56. The largest absolute Gasteiger partial charge is 0.347 e. The zero-order chi connectivity index (χ0) is 13.9. The van der Waals surface area contributed by atoms with Crippen LogP contribution < -0.4 is 10.6 Å². The molecule has 1 saturated heterocycles. The molecule has 3 nitrogen and oxygen atoms in total. The van der Waals surface area contributed by atoms with Crippen LogP contribution >= 0.6 is 0 Å². The van der Waals surface area contributed by atoms with Gasteiger partial charge in [-0.1, -0.05) is 30.3 Å². The van der Waals surface area contributed by atoms with Crippen molar-refractivity contribution in [2.24, 2.45) is 0 Å². The first-order valence-electron chi connectivity index (χ1n) is 6.60. The van der Waals surface area contributed by atoms with Gasteiger partial charge in [0, 0.05) is 18.7 Å². The molecule has 1 aliphatic heterocycles. The molecule has 0 atom stereocenters. The molecule has 3 rings (SSSR count). The SMILES string of the molecule is O=C(NC1CNC1)c1ccccc1-c1ccc(F)cc1. The molecule has 0 saturated carbocycles. The molecule has 0 spiro atoms. The van der Waals surface area contributed by atoms with Crippen molar-refractivity contribution in [2.45, 2.75) is 6.04 Å². The van der Waals surface area contributed by atoms with E-state index in [0.717, 1.165) is 24.2 Å². The van der Waals surface area contributed by atoms with Gasteiger partial charge in [0.25, 0.3) is 5.91 Å². The lowest BCUT2D eigenvalue weighted by Gasteiger charge is -2.28. The van der Waals surface area contributed by atoms with E-state index in [1.807, 2.05) is 18.2 Å². The number of carbonyl (C=O) groups is 1. The standard InChI is InChI=1S/C16H15FN2O/c17-12-7-5-11(6-8-12)14-3-1-2-4-15(14)16(20)19-13-9-18-10-13/h1-8,13,18H,9-10H2,(H,19,20). The highest BCUT2D eigenvalue weighted by Crippen LogP contribution is 2.24. The molecular weight excluding hydrogens is 255 g/mol. The van der Waals surface area contributed by atoms with Crippen molar-refractivity contribution in [2.75, 3.05) is 13.1 Å². The predicted octanol–water partition coefficient (Wildman–Crippen LogP) is 2.19. The van der Waals surface area contributed by atoms with Crippen LogP contribution in [0.4, 0.5) is 4.39 Å². The van der Waals surface area contributed by atoms with Gasteiger partial charge in [-0.05, 0) is 29.3 Å². The van der Waals surface area contributed by atoms with E-state index < -0.39 is 0 Å². The summed E-state index contributed by atoms with van der Waals surface area (Å²) >= 11 is 0. The first kappa shape index (κ1) is 12.8. The summed E-state index contributed by atoms with van der Waals surface area (Å²) in [4.78, 5) is 12.3. The summed E-state index contributed by atoms with van der Waals surface area (Å²) < 4.78 is 13.0. The van der Waals surface area contributed by atoms with Crippen LogP contribution in [0.2, 0.25) is 0 Å². The topological polar surface area (TPSA) is 41.1 Å². The fraction of sp³-hybridized carbons (Fsp3) is 0.188. The Balaban J connectivity index is 1.90. The maximum Gasteiger partial charge on any atom is 0.252 e. The maximum absolute atomic E-state index is 13.0. The lowest BCUT2D eigenvalue weighted by atomic mass is 9.98. The number of carbonyl (C=O) groups excluding carboxylic acids is 1. The summed E-state index contributed by atoms with van der Waals surface area (Å²) in [5, 5.41) is 6.09. The van der Waals surface area contributed by atoms with Crippen LogP contribution in [0.3, 0.4) is 0 Å². The molecule has 20 heavy (non-hydrogen) atoms. The monoisotopic (exact) mass is 270 g/mol. The second-order valence-corrected chi connectivity index (χ2v) is 4.88. The van der Waals surface area contributed by atoms with Crippen molar-refractivity contribution in [1.82, 2.24) is 10.6 Å². The zero-order valence-electron chi connectivity index (χ0n) is 10.9. The first-order chi connectivity index (χ1) is 9.74. The average Bonchev–Trinajstić information content (AvgIpc) is 2.43. The Labute approximate surface area is 116 Å². The molecule has 1 heterocycles. The highest BCUT2D eigenvalue weighted by molar-refractivity contribution is 6.01. The van der Waals surface area contributed by atoms with Gasteiger partial charge in [-0.25, -0.2) is 4.39 Å². The minimum atomic E-state index is -0.281. The normalized spacial score (nSPS) is 14.7. The summed E-state index contributed by atoms with van der Waals surface area (Å²) in [7, 11) is 0. The summed E-state index contributed by atoms with van der Waals surface area (Å²) in [6.45, 7) is 1.62. The Morgan fingerprint density at radius 3 is 2.45 bits per heavy atom. The van der Waals surface area contributed by atoms with E-state index in [0.29, 0.717) is 5.56 Å². The van der Waals surface area contributed by atoms with Crippen molar-refractivity contribution in [3.8, 4) is 11.1 Å². The molecule has 4 heteroatoms. The van der Waals surface area contributed by atoms with Crippen LogP contribution in [0.25, 0.3) is 11.1 Å². The van der Waals surface area contributed by atoms with Crippen LogP contribution in [0.1, 0.15) is 10.4 Å². The first-order valence-corrected chi connectivity index (χ1v) is 6.60. The van der Waals surface area contributed by atoms with E-state index in [-0.39, 0.29) is 17.8 Å². The predicted molar refractivity (Wildman–Crippen MR) is 76.0 cm³/mol. The van der Waals surface area contributed by atoms with Crippen LogP contribution in [-0.4, -0.2) is 25.0 Å². The summed E-state index contributed by atoms with van der Waals surface area (Å²) in [5.41, 5.74) is 2.27. The Bertz CT molecular complexity index is 621. The minimum Gasteiger partial charge on any atom is -0.347 e. The van der Waals surface area contributed by atoms with Gasteiger partial charge in [0.05, 0.1) is 6.04 Å². The second-order valence-electron chi connectivity index (χ2n) is 4.88. The molecule has 1 fully saturated rings. The number of nitrogens with one attached hydrogen (secondary N) is 2. The number of benzene rings is 2. The molecule has 2 N–H and O–H groups in total. The smallest absolute Gasteiger partial charge is 0.252 e. The number of hydrogen-bond donors (Lipinski definition) is 2. The Morgan fingerprint density at radius 2 is 1.80 bits per heavy atom. The quantitative estimate of drug-likeness (QED) is 0.897. The van der Waals surface area contributed by atoms with Crippen LogP contribution in [0.15, 0.2) is 48.5 Å². The summed E-state index contributed by atoms with van der Waals surface area (Å²) in [6, 6.07) is 13.8. The van der Waals surface area contributed by atoms with Crippen LogP contribution in [0.5, 0.6) is 0 Å². The van der Waals surface area contributed by atoms with E-state index in [4.69, 9.17) is 0 Å². The Kier molecular flexibility index (Phi) is 3.48. The fourth-order valence-electron chi connectivity index (χ4n) is 2.22. The molecule has 0 aromatic heterocycles. The van der Waals surface area contributed by atoms with Crippen LogP contribution in [0, 0.1) is 5.82 Å². The summed E-state index contributed by atoms with van der Waals surface area (Å²) in [5.74, 6) is -0.368. The van der Waals surface area contributed by atoms with Crippen LogP contribution in [-0.2, 0) is 0 Å². The molecule has 1 aliphatic rings. The highest BCUT2D eigenvalue weighted by Gasteiger charge is 2.21. The van der Waals surface area contributed by atoms with E-state index in [1.54, 1.807) is 18.2 Å². The van der Waals surface area contributed by atoms with Gasteiger partial charge in [-0.3, -0.25) is 4.79 Å². The lowest BCUT2D eigenvalue weighted by molar-refractivity contribution is 0.0924. The van der Waals surface area contributed by atoms with Crippen molar-refractivity contribution >= 4 is 5.91 Å². The van der Waals surface area contributed by atoms with Gasteiger partial charge in [0.2, 0.25) is 0 Å². The molecule has 2 aromatic rings. The number of hydrogen-bond acceptors (Lipinski definition) is 2. The molecule has 0 unspecified atom stereocenters. The van der Waals surface area contributed by atoms with Gasteiger partial charge < -0.3 is 10.6 Å². The average molecular weight is 270 g/mol. The van der Waals surface area contributed by atoms with E-state index in [1.165, 1.54) is 12.1 Å². The second kappa shape index (κ2) is 5.43. The molecule has 0 radical (unpaired) electrons. The van der Waals surface area contributed by atoms with Gasteiger partial charge in [-0.15, -0.1) is 0 Å². The summed E-state index contributed by atoms with van der Waals surface area (Å²) in [6.07, 6.45) is 0. The number of amides is 1. The fourth-order valence-corrected chi connectivity index (χ4v) is 2.22. The third-order valence-electron chi connectivity index (χ3n) is 3.44. The number of halogens is 1. The van der Waals surface area contributed by atoms with Gasteiger partial charge in [0.15, 0.2) is 0 Å². The van der Waals surface area contributed by atoms with E-state index in [2.05, 4.69) is 10.6 Å². The zero-order valence-corrected chi connectivity index (χ0v) is 10.9. The molecule has 1 amide bonds. The van der Waals surface area contributed by atoms with Gasteiger partial charge in [-0.2, -0.15) is 0 Å².